The maximum absolute atomic E-state index is 12.6. The van der Waals surface area contributed by atoms with Crippen LogP contribution in [0.3, 0.4) is 0 Å². The molecule has 27 heavy (non-hydrogen) atoms. The molecule has 148 valence electrons. The molecule has 2 rings (SSSR count). The van der Waals surface area contributed by atoms with Crippen molar-refractivity contribution in [3.63, 3.8) is 0 Å². The molecule has 1 fully saturated rings. The summed E-state index contributed by atoms with van der Waals surface area (Å²) in [5, 5.41) is 5.60. The van der Waals surface area contributed by atoms with Crippen LogP contribution in [0.2, 0.25) is 0 Å². The summed E-state index contributed by atoms with van der Waals surface area (Å²) in [6.45, 7) is 3.90. The van der Waals surface area contributed by atoms with Gasteiger partial charge in [0.15, 0.2) is 0 Å². The summed E-state index contributed by atoms with van der Waals surface area (Å²) >= 11 is 0. The molecule has 7 nitrogen and oxygen atoms in total. The van der Waals surface area contributed by atoms with Crippen molar-refractivity contribution in [2.45, 2.75) is 44.7 Å². The second-order valence-corrected chi connectivity index (χ2v) is 7.22. The molecule has 1 aromatic carbocycles. The van der Waals surface area contributed by atoms with E-state index in [4.69, 9.17) is 0 Å². The zero-order chi connectivity index (χ0) is 20.0. The highest BCUT2D eigenvalue weighted by molar-refractivity contribution is 6.08. The SMILES string of the molecule is CCC1(CC)NC(=O)N(CC(=O)NCC(Cc2ccccc2)N(C)C)C1=O. The second-order valence-electron chi connectivity index (χ2n) is 7.22. The van der Waals surface area contributed by atoms with Crippen LogP contribution < -0.4 is 10.6 Å². The van der Waals surface area contributed by atoms with Crippen molar-refractivity contribution >= 4 is 17.8 Å². The lowest BCUT2D eigenvalue weighted by Gasteiger charge is -2.25. The van der Waals surface area contributed by atoms with E-state index >= 15 is 0 Å². The molecule has 1 unspecified atom stereocenters. The fourth-order valence-electron chi connectivity index (χ4n) is 3.30. The van der Waals surface area contributed by atoms with E-state index in [9.17, 15) is 14.4 Å². The van der Waals surface area contributed by atoms with E-state index in [2.05, 4.69) is 27.7 Å². The summed E-state index contributed by atoms with van der Waals surface area (Å²) in [6, 6.07) is 9.69. The fraction of sp³-hybridized carbons (Fsp3) is 0.550. The molecule has 0 saturated carbocycles. The third-order valence-corrected chi connectivity index (χ3v) is 5.33. The van der Waals surface area contributed by atoms with Crippen LogP contribution in [0.1, 0.15) is 32.3 Å². The van der Waals surface area contributed by atoms with Crippen molar-refractivity contribution in [1.82, 2.24) is 20.4 Å². The average Bonchev–Trinajstić information content (AvgIpc) is 2.90. The van der Waals surface area contributed by atoms with Gasteiger partial charge in [-0.25, -0.2) is 4.79 Å². The quantitative estimate of drug-likeness (QED) is 0.640. The molecule has 1 saturated heterocycles. The third-order valence-electron chi connectivity index (χ3n) is 5.33. The van der Waals surface area contributed by atoms with Gasteiger partial charge in [-0.1, -0.05) is 44.2 Å². The van der Waals surface area contributed by atoms with E-state index in [0.717, 1.165) is 11.3 Å². The summed E-state index contributed by atoms with van der Waals surface area (Å²) < 4.78 is 0. The Morgan fingerprint density at radius 2 is 1.81 bits per heavy atom. The summed E-state index contributed by atoms with van der Waals surface area (Å²) in [5.41, 5.74) is 0.312. The van der Waals surface area contributed by atoms with Gasteiger partial charge in [-0.2, -0.15) is 0 Å². The predicted molar refractivity (Wildman–Crippen MR) is 104 cm³/mol. The lowest BCUT2D eigenvalue weighted by molar-refractivity contribution is -0.135. The van der Waals surface area contributed by atoms with Gasteiger partial charge in [0, 0.05) is 12.6 Å². The van der Waals surface area contributed by atoms with Gasteiger partial charge < -0.3 is 15.5 Å². The highest BCUT2D eigenvalue weighted by Gasteiger charge is 2.49. The molecule has 2 N–H and O–H groups in total. The van der Waals surface area contributed by atoms with Crippen molar-refractivity contribution in [2.24, 2.45) is 0 Å². The fourth-order valence-corrected chi connectivity index (χ4v) is 3.30. The molecular weight excluding hydrogens is 344 g/mol. The summed E-state index contributed by atoms with van der Waals surface area (Å²) in [5.74, 6) is -0.650. The zero-order valence-electron chi connectivity index (χ0n) is 16.6. The van der Waals surface area contributed by atoms with E-state index in [1.165, 1.54) is 5.56 Å². The van der Waals surface area contributed by atoms with Gasteiger partial charge in [0.1, 0.15) is 12.1 Å². The van der Waals surface area contributed by atoms with Crippen LogP contribution in [0.4, 0.5) is 4.79 Å². The first-order chi connectivity index (χ1) is 12.8. The molecule has 0 bridgehead atoms. The van der Waals surface area contributed by atoms with Gasteiger partial charge in [0.25, 0.3) is 5.91 Å². The van der Waals surface area contributed by atoms with Gasteiger partial charge in [-0.05, 0) is 38.9 Å². The minimum Gasteiger partial charge on any atom is -0.353 e. The summed E-state index contributed by atoms with van der Waals surface area (Å²) in [6.07, 6.45) is 1.81. The number of carbonyl (C=O) groups excluding carboxylic acids is 3. The number of amides is 4. The van der Waals surface area contributed by atoms with Crippen molar-refractivity contribution in [1.29, 1.82) is 0 Å². The minimum absolute atomic E-state index is 0.116. The lowest BCUT2D eigenvalue weighted by atomic mass is 9.93. The highest BCUT2D eigenvalue weighted by atomic mass is 16.2. The molecule has 1 atom stereocenters. The number of hydrogen-bond donors (Lipinski definition) is 2. The van der Waals surface area contributed by atoms with Gasteiger partial charge in [-0.15, -0.1) is 0 Å². The van der Waals surface area contributed by atoms with Gasteiger partial charge in [0.2, 0.25) is 5.91 Å². The first kappa shape index (κ1) is 20.9. The first-order valence-electron chi connectivity index (χ1n) is 9.44. The minimum atomic E-state index is -0.878. The Balaban J connectivity index is 1.92. The van der Waals surface area contributed by atoms with Crippen LogP contribution >= 0.6 is 0 Å². The zero-order valence-corrected chi connectivity index (χ0v) is 16.6. The number of benzene rings is 1. The van der Waals surface area contributed by atoms with Crippen molar-refractivity contribution in [2.75, 3.05) is 27.2 Å². The molecule has 0 spiro atoms. The molecular formula is C20H30N4O3. The Morgan fingerprint density at radius 1 is 1.19 bits per heavy atom. The highest BCUT2D eigenvalue weighted by Crippen LogP contribution is 2.24. The molecule has 0 aromatic heterocycles. The van der Waals surface area contributed by atoms with Crippen molar-refractivity contribution < 1.29 is 14.4 Å². The largest absolute Gasteiger partial charge is 0.353 e. The Bertz CT molecular complexity index is 671. The number of rotatable bonds is 9. The topological polar surface area (TPSA) is 81.8 Å². The van der Waals surface area contributed by atoms with E-state index in [0.29, 0.717) is 19.4 Å². The Morgan fingerprint density at radius 3 is 2.33 bits per heavy atom. The number of carbonyl (C=O) groups is 3. The third kappa shape index (κ3) is 4.86. The molecule has 7 heteroatoms. The number of imide groups is 1. The maximum atomic E-state index is 12.6. The van der Waals surface area contributed by atoms with Crippen molar-refractivity contribution in [3.8, 4) is 0 Å². The van der Waals surface area contributed by atoms with Crippen LogP contribution in [-0.4, -0.2) is 66.4 Å². The number of nitrogens with zero attached hydrogens (tertiary/aromatic N) is 2. The lowest BCUT2D eigenvalue weighted by Crippen LogP contribution is -2.48. The van der Waals surface area contributed by atoms with E-state index in [-0.39, 0.29) is 24.4 Å². The molecule has 0 radical (unpaired) electrons. The van der Waals surface area contributed by atoms with E-state index in [1.54, 1.807) is 0 Å². The molecule has 1 aliphatic heterocycles. The predicted octanol–water partition coefficient (Wildman–Crippen LogP) is 1.39. The van der Waals surface area contributed by atoms with Crippen LogP contribution in [0.15, 0.2) is 30.3 Å². The summed E-state index contributed by atoms with van der Waals surface area (Å²) in [4.78, 5) is 40.2. The van der Waals surface area contributed by atoms with Crippen LogP contribution in [0.25, 0.3) is 0 Å². The number of urea groups is 1. The second kappa shape index (κ2) is 8.99. The van der Waals surface area contributed by atoms with Crippen LogP contribution in [0, 0.1) is 0 Å². The number of hydrogen-bond acceptors (Lipinski definition) is 4. The van der Waals surface area contributed by atoms with Gasteiger partial charge in [0.05, 0.1) is 0 Å². The maximum Gasteiger partial charge on any atom is 0.325 e. The van der Waals surface area contributed by atoms with Crippen LogP contribution in [-0.2, 0) is 16.0 Å². The standard InChI is InChI=1S/C20H30N4O3/c1-5-20(6-2)18(26)24(19(27)22-20)14-17(25)21-13-16(23(3)4)12-15-10-8-7-9-11-15/h7-11,16H,5-6,12-14H2,1-4H3,(H,21,25)(H,22,27). The molecule has 1 aromatic rings. The van der Waals surface area contributed by atoms with Gasteiger partial charge in [-0.3, -0.25) is 14.5 Å². The molecule has 1 aliphatic rings. The molecule has 0 aliphatic carbocycles. The normalized spacial score (nSPS) is 17.1. The van der Waals surface area contributed by atoms with E-state index in [1.807, 2.05) is 46.1 Å². The number of nitrogens with one attached hydrogen (secondary N) is 2. The summed E-state index contributed by atoms with van der Waals surface area (Å²) in [7, 11) is 3.93. The molecule has 4 amide bonds. The first-order valence-corrected chi connectivity index (χ1v) is 9.44. The monoisotopic (exact) mass is 374 g/mol. The smallest absolute Gasteiger partial charge is 0.325 e. The Hall–Kier alpha value is -2.41. The Kier molecular flexibility index (Phi) is 6.96. The van der Waals surface area contributed by atoms with E-state index < -0.39 is 11.6 Å². The van der Waals surface area contributed by atoms with Crippen LogP contribution in [0.5, 0.6) is 0 Å². The number of likely N-dealkylation sites (N-methyl/N-ethyl adjacent to an activating group) is 1. The van der Waals surface area contributed by atoms with Crippen molar-refractivity contribution in [3.05, 3.63) is 35.9 Å². The molecule has 1 heterocycles. The van der Waals surface area contributed by atoms with Gasteiger partial charge >= 0.3 is 6.03 Å². The average molecular weight is 374 g/mol. The Labute approximate surface area is 161 Å².